The van der Waals surface area contributed by atoms with Crippen LogP contribution in [-0.2, 0) is 14.2 Å². The molecule has 2 unspecified atom stereocenters. The van der Waals surface area contributed by atoms with Crippen LogP contribution >= 0.6 is 0 Å². The number of hydrogen-bond donors (Lipinski definition) is 1. The zero-order valence-corrected chi connectivity index (χ0v) is 13.5. The molecule has 2 atom stereocenters. The van der Waals surface area contributed by atoms with Crippen LogP contribution in [0.5, 0.6) is 0 Å². The summed E-state index contributed by atoms with van der Waals surface area (Å²) in [6, 6.07) is 0. The fourth-order valence-electron chi connectivity index (χ4n) is 4.46. The molecule has 2 aliphatic heterocycles. The van der Waals surface area contributed by atoms with Crippen molar-refractivity contribution in [3.8, 4) is 0 Å². The monoisotopic (exact) mass is 297 g/mol. The molecule has 0 bridgehead atoms. The van der Waals surface area contributed by atoms with E-state index in [2.05, 4.69) is 5.32 Å². The Bertz CT molecular complexity index is 322. The van der Waals surface area contributed by atoms with Gasteiger partial charge >= 0.3 is 0 Å². The van der Waals surface area contributed by atoms with Crippen molar-refractivity contribution in [1.29, 1.82) is 0 Å². The van der Waals surface area contributed by atoms with E-state index in [4.69, 9.17) is 14.2 Å². The quantitative estimate of drug-likeness (QED) is 0.733. The number of ether oxygens (including phenoxy) is 3. The SMILES string of the molecule is COCCNCC1(CC2CCC3(CCCC3)O2)CCOC1. The van der Waals surface area contributed by atoms with Crippen LogP contribution in [0.3, 0.4) is 0 Å². The lowest BCUT2D eigenvalue weighted by Gasteiger charge is -2.32. The summed E-state index contributed by atoms with van der Waals surface area (Å²) in [5.41, 5.74) is 0.539. The number of nitrogens with one attached hydrogen (secondary N) is 1. The molecule has 0 aromatic carbocycles. The highest BCUT2D eigenvalue weighted by Gasteiger charge is 2.45. The molecule has 1 aliphatic carbocycles. The largest absolute Gasteiger partial charge is 0.383 e. The summed E-state index contributed by atoms with van der Waals surface area (Å²) in [6.45, 7) is 4.53. The van der Waals surface area contributed by atoms with Gasteiger partial charge in [0.25, 0.3) is 0 Å². The van der Waals surface area contributed by atoms with E-state index in [1.165, 1.54) is 44.9 Å². The Labute approximate surface area is 128 Å². The first-order valence-electron chi connectivity index (χ1n) is 8.71. The van der Waals surface area contributed by atoms with Gasteiger partial charge in [-0.25, -0.2) is 0 Å². The molecule has 1 saturated carbocycles. The predicted molar refractivity (Wildman–Crippen MR) is 82.5 cm³/mol. The Kier molecular flexibility index (Phi) is 5.20. The van der Waals surface area contributed by atoms with Crippen molar-refractivity contribution in [2.75, 3.05) is 40.0 Å². The number of rotatable bonds is 7. The molecule has 0 amide bonds. The van der Waals surface area contributed by atoms with Crippen LogP contribution in [0, 0.1) is 5.41 Å². The third-order valence-electron chi connectivity index (χ3n) is 5.68. The van der Waals surface area contributed by atoms with Crippen molar-refractivity contribution >= 4 is 0 Å². The third kappa shape index (κ3) is 3.79. The van der Waals surface area contributed by atoms with Gasteiger partial charge in [-0.2, -0.15) is 0 Å². The molecule has 4 nitrogen and oxygen atoms in total. The van der Waals surface area contributed by atoms with Crippen molar-refractivity contribution in [1.82, 2.24) is 5.32 Å². The molecular weight excluding hydrogens is 266 g/mol. The summed E-state index contributed by atoms with van der Waals surface area (Å²) in [6.07, 6.45) is 10.6. The molecule has 0 aromatic rings. The van der Waals surface area contributed by atoms with Gasteiger partial charge in [-0.1, -0.05) is 12.8 Å². The molecule has 21 heavy (non-hydrogen) atoms. The minimum absolute atomic E-state index is 0.259. The van der Waals surface area contributed by atoms with E-state index in [0.717, 1.165) is 39.3 Å². The minimum atomic E-state index is 0.259. The van der Waals surface area contributed by atoms with Crippen molar-refractivity contribution in [3.05, 3.63) is 0 Å². The van der Waals surface area contributed by atoms with Gasteiger partial charge in [0, 0.05) is 32.2 Å². The van der Waals surface area contributed by atoms with Crippen molar-refractivity contribution < 1.29 is 14.2 Å². The minimum Gasteiger partial charge on any atom is -0.383 e. The van der Waals surface area contributed by atoms with Crippen molar-refractivity contribution in [3.63, 3.8) is 0 Å². The molecule has 4 heteroatoms. The topological polar surface area (TPSA) is 39.7 Å². The first kappa shape index (κ1) is 15.7. The maximum absolute atomic E-state index is 6.52. The Hall–Kier alpha value is -0.160. The van der Waals surface area contributed by atoms with E-state index in [1.54, 1.807) is 7.11 Å². The second-order valence-corrected chi connectivity index (χ2v) is 7.34. The van der Waals surface area contributed by atoms with Crippen molar-refractivity contribution in [2.45, 2.75) is 63.1 Å². The second kappa shape index (κ2) is 6.95. The molecule has 0 aromatic heterocycles. The fraction of sp³-hybridized carbons (Fsp3) is 1.00. The number of hydrogen-bond acceptors (Lipinski definition) is 4. The fourth-order valence-corrected chi connectivity index (χ4v) is 4.46. The molecular formula is C17H31NO3. The Balaban J connectivity index is 1.50. The van der Waals surface area contributed by atoms with Gasteiger partial charge in [0.1, 0.15) is 0 Å². The lowest BCUT2D eigenvalue weighted by molar-refractivity contribution is -0.0542. The van der Waals surface area contributed by atoms with Gasteiger partial charge in [-0.15, -0.1) is 0 Å². The smallest absolute Gasteiger partial charge is 0.0687 e. The highest BCUT2D eigenvalue weighted by molar-refractivity contribution is 4.96. The average molecular weight is 297 g/mol. The van der Waals surface area contributed by atoms with Crippen LogP contribution in [0.1, 0.15) is 51.4 Å². The first-order chi connectivity index (χ1) is 10.3. The Morgan fingerprint density at radius 1 is 1.19 bits per heavy atom. The van der Waals surface area contributed by atoms with Gasteiger partial charge in [-0.05, 0) is 38.5 Å². The lowest BCUT2D eigenvalue weighted by Crippen LogP contribution is -2.39. The third-order valence-corrected chi connectivity index (χ3v) is 5.68. The average Bonchev–Trinajstić information content (AvgIpc) is 3.20. The van der Waals surface area contributed by atoms with Gasteiger partial charge in [0.2, 0.25) is 0 Å². The molecule has 1 spiro atoms. The van der Waals surface area contributed by atoms with E-state index in [-0.39, 0.29) is 11.0 Å². The summed E-state index contributed by atoms with van der Waals surface area (Å²) in [7, 11) is 1.75. The van der Waals surface area contributed by atoms with Gasteiger partial charge in [0.05, 0.1) is 24.9 Å². The molecule has 2 heterocycles. The van der Waals surface area contributed by atoms with Crippen LogP contribution in [-0.4, -0.2) is 51.7 Å². The van der Waals surface area contributed by atoms with Crippen LogP contribution in [0.4, 0.5) is 0 Å². The molecule has 0 radical (unpaired) electrons. The summed E-state index contributed by atoms with van der Waals surface area (Å²) >= 11 is 0. The molecule has 1 N–H and O–H groups in total. The molecule has 3 rings (SSSR count). The van der Waals surface area contributed by atoms with Crippen LogP contribution in [0.2, 0.25) is 0 Å². The van der Waals surface area contributed by atoms with Gasteiger partial charge in [-0.3, -0.25) is 0 Å². The molecule has 2 saturated heterocycles. The summed E-state index contributed by atoms with van der Waals surface area (Å²) < 4.78 is 17.4. The molecule has 3 fully saturated rings. The van der Waals surface area contributed by atoms with Gasteiger partial charge in [0.15, 0.2) is 0 Å². The first-order valence-corrected chi connectivity index (χ1v) is 8.71. The Morgan fingerprint density at radius 3 is 2.76 bits per heavy atom. The summed E-state index contributed by atoms with van der Waals surface area (Å²) in [5.74, 6) is 0. The van der Waals surface area contributed by atoms with Crippen LogP contribution in [0.15, 0.2) is 0 Å². The van der Waals surface area contributed by atoms with Crippen LogP contribution in [0.25, 0.3) is 0 Å². The summed E-state index contributed by atoms with van der Waals surface area (Å²) in [4.78, 5) is 0. The normalized spacial score (nSPS) is 35.0. The summed E-state index contributed by atoms with van der Waals surface area (Å²) in [5, 5.41) is 3.54. The maximum Gasteiger partial charge on any atom is 0.0687 e. The van der Waals surface area contributed by atoms with E-state index in [9.17, 15) is 0 Å². The maximum atomic E-state index is 6.52. The zero-order valence-electron chi connectivity index (χ0n) is 13.5. The lowest BCUT2D eigenvalue weighted by atomic mass is 9.81. The van der Waals surface area contributed by atoms with E-state index in [1.807, 2.05) is 0 Å². The highest BCUT2D eigenvalue weighted by Crippen LogP contribution is 2.46. The standard InChI is InChI=1S/C17H31NO3/c1-19-11-9-18-13-16(8-10-20-14-16)12-15-4-7-17(21-15)5-2-3-6-17/h15,18H,2-14H2,1H3. The molecule has 3 aliphatic rings. The van der Waals surface area contributed by atoms with E-state index < -0.39 is 0 Å². The van der Waals surface area contributed by atoms with Crippen molar-refractivity contribution in [2.24, 2.45) is 5.41 Å². The van der Waals surface area contributed by atoms with Crippen LogP contribution < -0.4 is 5.32 Å². The molecule has 122 valence electrons. The number of methoxy groups -OCH3 is 1. The Morgan fingerprint density at radius 2 is 2.05 bits per heavy atom. The predicted octanol–water partition coefficient (Wildman–Crippen LogP) is 2.51. The zero-order chi connectivity index (χ0) is 14.6. The highest BCUT2D eigenvalue weighted by atomic mass is 16.5. The second-order valence-electron chi connectivity index (χ2n) is 7.34. The van der Waals surface area contributed by atoms with E-state index >= 15 is 0 Å². The van der Waals surface area contributed by atoms with Gasteiger partial charge < -0.3 is 19.5 Å². The van der Waals surface area contributed by atoms with E-state index in [0.29, 0.717) is 6.10 Å².